The molecule has 16 heavy (non-hydrogen) atoms. The SMILES string of the molecule is COC(=O)c1cccc(N(C=O)C(C)=O)c1. The van der Waals surface area contributed by atoms with Crippen molar-refractivity contribution in [3.8, 4) is 0 Å². The van der Waals surface area contributed by atoms with Gasteiger partial charge < -0.3 is 4.74 Å². The Balaban J connectivity index is 3.10. The fraction of sp³-hybridized carbons (Fsp3) is 0.182. The van der Waals surface area contributed by atoms with Gasteiger partial charge in [-0.2, -0.15) is 0 Å². The normalized spacial score (nSPS) is 9.38. The lowest BCUT2D eigenvalue weighted by atomic mass is 10.2. The number of carbonyl (C=O) groups is 3. The number of imide groups is 1. The number of carbonyl (C=O) groups excluding carboxylic acids is 3. The summed E-state index contributed by atoms with van der Waals surface area (Å²) in [7, 11) is 1.26. The van der Waals surface area contributed by atoms with Crippen molar-refractivity contribution >= 4 is 24.0 Å². The van der Waals surface area contributed by atoms with Gasteiger partial charge in [0, 0.05) is 6.92 Å². The lowest BCUT2D eigenvalue weighted by molar-refractivity contribution is -0.120. The number of hydrogen-bond donors (Lipinski definition) is 0. The maximum Gasteiger partial charge on any atom is 0.337 e. The standard InChI is InChI=1S/C11H11NO4/c1-8(14)12(7-13)10-5-3-4-9(6-10)11(15)16-2/h3-7H,1-2H3. The first kappa shape index (κ1) is 11.9. The minimum Gasteiger partial charge on any atom is -0.465 e. The van der Waals surface area contributed by atoms with Crippen molar-refractivity contribution in [2.45, 2.75) is 6.92 Å². The highest BCUT2D eigenvalue weighted by Crippen LogP contribution is 2.15. The second kappa shape index (κ2) is 5.06. The Kier molecular flexibility index (Phi) is 3.77. The molecule has 5 heteroatoms. The number of benzene rings is 1. The highest BCUT2D eigenvalue weighted by molar-refractivity contribution is 6.06. The number of methoxy groups -OCH3 is 1. The van der Waals surface area contributed by atoms with Gasteiger partial charge in [-0.1, -0.05) is 6.07 Å². The molecule has 0 aromatic heterocycles. The largest absolute Gasteiger partial charge is 0.465 e. The summed E-state index contributed by atoms with van der Waals surface area (Å²) in [4.78, 5) is 33.9. The monoisotopic (exact) mass is 221 g/mol. The molecular formula is C11H11NO4. The van der Waals surface area contributed by atoms with Gasteiger partial charge in [-0.3, -0.25) is 14.5 Å². The molecule has 0 aliphatic carbocycles. The third-order valence-electron chi connectivity index (χ3n) is 1.99. The maximum atomic E-state index is 11.2. The summed E-state index contributed by atoms with van der Waals surface area (Å²) in [5.41, 5.74) is 0.624. The average molecular weight is 221 g/mol. The van der Waals surface area contributed by atoms with E-state index in [-0.39, 0.29) is 5.56 Å². The lowest BCUT2D eigenvalue weighted by Crippen LogP contribution is -2.26. The predicted molar refractivity (Wildman–Crippen MR) is 57.0 cm³/mol. The number of ether oxygens (including phenoxy) is 1. The average Bonchev–Trinajstić information content (AvgIpc) is 2.29. The van der Waals surface area contributed by atoms with E-state index in [1.807, 2.05) is 0 Å². The Bertz CT molecular complexity index is 428. The van der Waals surface area contributed by atoms with Crippen molar-refractivity contribution in [1.29, 1.82) is 0 Å². The third kappa shape index (κ3) is 2.44. The smallest absolute Gasteiger partial charge is 0.337 e. The van der Waals surface area contributed by atoms with E-state index in [9.17, 15) is 14.4 Å². The van der Waals surface area contributed by atoms with Crippen LogP contribution in [0.4, 0.5) is 5.69 Å². The predicted octanol–water partition coefficient (Wildman–Crippen LogP) is 0.983. The van der Waals surface area contributed by atoms with Crippen LogP contribution in [0, 0.1) is 0 Å². The Morgan fingerprint density at radius 3 is 2.56 bits per heavy atom. The number of esters is 1. The topological polar surface area (TPSA) is 63.7 Å². The first-order valence-electron chi connectivity index (χ1n) is 4.53. The van der Waals surface area contributed by atoms with E-state index in [2.05, 4.69) is 4.74 Å². The van der Waals surface area contributed by atoms with Crippen LogP contribution in [0.3, 0.4) is 0 Å². The van der Waals surface area contributed by atoms with E-state index in [0.29, 0.717) is 12.1 Å². The Morgan fingerprint density at radius 1 is 1.38 bits per heavy atom. The fourth-order valence-electron chi connectivity index (χ4n) is 1.22. The number of hydrogen-bond acceptors (Lipinski definition) is 4. The van der Waals surface area contributed by atoms with Crippen LogP contribution >= 0.6 is 0 Å². The molecule has 0 N–H and O–H groups in total. The van der Waals surface area contributed by atoms with Crippen LogP contribution < -0.4 is 4.90 Å². The fourth-order valence-corrected chi connectivity index (χ4v) is 1.22. The van der Waals surface area contributed by atoms with Crippen molar-refractivity contribution in [3.05, 3.63) is 29.8 Å². The Morgan fingerprint density at radius 2 is 2.06 bits per heavy atom. The molecule has 0 spiro atoms. The number of rotatable bonds is 3. The summed E-state index contributed by atoms with van der Waals surface area (Å²) in [5, 5.41) is 0. The van der Waals surface area contributed by atoms with Crippen LogP contribution in [0.5, 0.6) is 0 Å². The molecule has 0 aliphatic heterocycles. The van der Waals surface area contributed by atoms with Gasteiger partial charge in [-0.15, -0.1) is 0 Å². The molecule has 0 bridgehead atoms. The molecule has 1 aromatic carbocycles. The van der Waals surface area contributed by atoms with Crippen LogP contribution in [0.25, 0.3) is 0 Å². The van der Waals surface area contributed by atoms with E-state index in [1.54, 1.807) is 18.2 Å². The lowest BCUT2D eigenvalue weighted by Gasteiger charge is -2.13. The summed E-state index contributed by atoms with van der Waals surface area (Å²) in [6.45, 7) is 1.26. The van der Waals surface area contributed by atoms with Crippen LogP contribution in [0.15, 0.2) is 24.3 Å². The first-order valence-corrected chi connectivity index (χ1v) is 4.53. The van der Waals surface area contributed by atoms with Crippen LogP contribution in [-0.4, -0.2) is 25.4 Å². The number of amides is 2. The minimum absolute atomic E-state index is 0.285. The molecule has 84 valence electrons. The van der Waals surface area contributed by atoms with Gasteiger partial charge in [0.15, 0.2) is 0 Å². The van der Waals surface area contributed by atoms with Crippen LogP contribution in [0.2, 0.25) is 0 Å². The minimum atomic E-state index is -0.517. The zero-order valence-corrected chi connectivity index (χ0v) is 8.97. The molecule has 0 unspecified atom stereocenters. The third-order valence-corrected chi connectivity index (χ3v) is 1.99. The molecule has 2 amide bonds. The molecule has 0 radical (unpaired) electrons. The van der Waals surface area contributed by atoms with Crippen molar-refractivity contribution < 1.29 is 19.1 Å². The van der Waals surface area contributed by atoms with Crippen molar-refractivity contribution in [2.75, 3.05) is 12.0 Å². The quantitative estimate of drug-likeness (QED) is 0.563. The van der Waals surface area contributed by atoms with Crippen LogP contribution in [-0.2, 0) is 14.3 Å². The number of anilines is 1. The molecule has 0 fully saturated rings. The highest BCUT2D eigenvalue weighted by Gasteiger charge is 2.12. The van der Waals surface area contributed by atoms with Gasteiger partial charge in [-0.05, 0) is 18.2 Å². The molecule has 1 aromatic rings. The van der Waals surface area contributed by atoms with Gasteiger partial charge in [0.1, 0.15) is 0 Å². The van der Waals surface area contributed by atoms with Gasteiger partial charge in [0.25, 0.3) is 0 Å². The van der Waals surface area contributed by atoms with Crippen molar-refractivity contribution in [2.24, 2.45) is 0 Å². The summed E-state index contributed by atoms with van der Waals surface area (Å²) >= 11 is 0. The van der Waals surface area contributed by atoms with Gasteiger partial charge >= 0.3 is 5.97 Å². The Labute approximate surface area is 92.6 Å². The van der Waals surface area contributed by atoms with E-state index >= 15 is 0 Å². The van der Waals surface area contributed by atoms with Crippen molar-refractivity contribution in [3.63, 3.8) is 0 Å². The zero-order chi connectivity index (χ0) is 12.1. The van der Waals surface area contributed by atoms with Gasteiger partial charge in [0.05, 0.1) is 18.4 Å². The molecule has 0 aliphatic rings. The molecular weight excluding hydrogens is 210 g/mol. The maximum absolute atomic E-state index is 11.2. The van der Waals surface area contributed by atoms with Gasteiger partial charge in [0.2, 0.25) is 12.3 Å². The second-order valence-corrected chi connectivity index (χ2v) is 3.04. The van der Waals surface area contributed by atoms with Crippen molar-refractivity contribution in [1.82, 2.24) is 0 Å². The summed E-state index contributed by atoms with van der Waals surface area (Å²) < 4.78 is 4.53. The Hall–Kier alpha value is -2.17. The van der Waals surface area contributed by atoms with Crippen LogP contribution in [0.1, 0.15) is 17.3 Å². The summed E-state index contributed by atoms with van der Waals surface area (Å²) in [5.74, 6) is -0.937. The van der Waals surface area contributed by atoms with E-state index < -0.39 is 11.9 Å². The highest BCUT2D eigenvalue weighted by atomic mass is 16.5. The molecule has 5 nitrogen and oxygen atoms in total. The van der Waals surface area contributed by atoms with E-state index in [1.165, 1.54) is 20.1 Å². The number of nitrogens with zero attached hydrogens (tertiary/aromatic N) is 1. The molecule has 0 atom stereocenters. The van der Waals surface area contributed by atoms with E-state index in [4.69, 9.17) is 0 Å². The molecule has 1 rings (SSSR count). The summed E-state index contributed by atoms with van der Waals surface area (Å²) in [6, 6.07) is 6.09. The molecule has 0 saturated carbocycles. The molecule has 0 heterocycles. The molecule has 0 saturated heterocycles. The van der Waals surface area contributed by atoms with Gasteiger partial charge in [-0.25, -0.2) is 4.79 Å². The van der Waals surface area contributed by atoms with E-state index in [0.717, 1.165) is 4.90 Å². The second-order valence-electron chi connectivity index (χ2n) is 3.04. The first-order chi connectivity index (χ1) is 7.60. The zero-order valence-electron chi connectivity index (χ0n) is 8.97. The summed E-state index contributed by atoms with van der Waals surface area (Å²) in [6.07, 6.45) is 0.402.